The largest absolute Gasteiger partial charge is 0.449 e. The molecule has 2 saturated carbocycles. The van der Waals surface area contributed by atoms with Gasteiger partial charge in [0, 0.05) is 18.7 Å². The number of aliphatic imine (C=N–C) groups is 1. The molecule has 2 aliphatic carbocycles. The highest BCUT2D eigenvalue weighted by molar-refractivity contribution is 6.07. The molecule has 2 amide bonds. The fraction of sp³-hybridized carbons (Fsp3) is 0.579. The van der Waals surface area contributed by atoms with E-state index in [0.29, 0.717) is 48.2 Å². The lowest BCUT2D eigenvalue weighted by Crippen LogP contribution is -2.49. The maximum Gasteiger partial charge on any atom is 0.412 e. The monoisotopic (exact) mass is 644 g/mol. The molecule has 9 heteroatoms. The minimum Gasteiger partial charge on any atom is -0.449 e. The van der Waals surface area contributed by atoms with E-state index in [-0.39, 0.29) is 36.7 Å². The van der Waals surface area contributed by atoms with Gasteiger partial charge >= 0.3 is 6.09 Å². The molecule has 9 nitrogen and oxygen atoms in total. The van der Waals surface area contributed by atoms with Crippen LogP contribution in [0.25, 0.3) is 0 Å². The Bertz CT molecular complexity index is 1360. The second-order valence-electron chi connectivity index (χ2n) is 14.3. The fourth-order valence-electron chi connectivity index (χ4n) is 7.74. The molecule has 0 radical (unpaired) electrons. The van der Waals surface area contributed by atoms with Crippen LogP contribution in [0.5, 0.6) is 0 Å². The summed E-state index contributed by atoms with van der Waals surface area (Å²) in [7, 11) is 0. The Morgan fingerprint density at radius 2 is 1.66 bits per heavy atom. The van der Waals surface area contributed by atoms with Crippen LogP contribution in [0.2, 0.25) is 0 Å². The Hall–Kier alpha value is -3.56. The van der Waals surface area contributed by atoms with Gasteiger partial charge in [0.15, 0.2) is 5.78 Å². The third-order valence-corrected chi connectivity index (χ3v) is 10.5. The molecule has 254 valence electrons. The summed E-state index contributed by atoms with van der Waals surface area (Å²) in [4.78, 5) is 45.1. The number of rotatable bonds is 12. The number of Topliss-reactive ketones (excluding diaryl/α,β-unsaturated/α-hetero) is 1. The molecule has 3 N–H and O–H groups in total. The van der Waals surface area contributed by atoms with E-state index in [1.807, 2.05) is 74.5 Å². The van der Waals surface area contributed by atoms with Crippen LogP contribution in [-0.2, 0) is 25.6 Å². The summed E-state index contributed by atoms with van der Waals surface area (Å²) < 4.78 is 11.2. The fourth-order valence-corrected chi connectivity index (χ4v) is 7.74. The van der Waals surface area contributed by atoms with E-state index >= 15 is 0 Å². The Kier molecular flexibility index (Phi) is 11.9. The number of amidine groups is 1. The molecule has 0 aromatic heterocycles. The summed E-state index contributed by atoms with van der Waals surface area (Å²) in [6.45, 7) is 10.0. The molecule has 1 saturated heterocycles. The van der Waals surface area contributed by atoms with Crippen molar-refractivity contribution in [3.63, 3.8) is 0 Å². The average Bonchev–Trinajstić information content (AvgIpc) is 3.37. The van der Waals surface area contributed by atoms with E-state index in [9.17, 15) is 14.4 Å². The van der Waals surface area contributed by atoms with Crippen molar-refractivity contribution in [2.75, 3.05) is 19.8 Å². The Morgan fingerprint density at radius 1 is 1.00 bits per heavy atom. The number of hydrogen-bond acceptors (Lipinski definition) is 7. The van der Waals surface area contributed by atoms with Gasteiger partial charge in [0.25, 0.3) is 0 Å². The van der Waals surface area contributed by atoms with E-state index in [0.717, 1.165) is 18.4 Å². The second-order valence-corrected chi connectivity index (χ2v) is 14.3. The highest BCUT2D eigenvalue weighted by atomic mass is 16.5. The number of alkyl carbamates (subject to hydrolysis) is 1. The van der Waals surface area contributed by atoms with Crippen molar-refractivity contribution < 1.29 is 23.9 Å². The van der Waals surface area contributed by atoms with Gasteiger partial charge in [0.2, 0.25) is 5.91 Å². The summed E-state index contributed by atoms with van der Waals surface area (Å²) in [6, 6.07) is 17.7. The first-order valence-electron chi connectivity index (χ1n) is 17.4. The Labute approximate surface area is 279 Å². The molecule has 1 spiro atoms. The number of nitrogens with zero attached hydrogens (tertiary/aromatic N) is 1. The van der Waals surface area contributed by atoms with Crippen LogP contribution in [0.1, 0.15) is 77.3 Å². The van der Waals surface area contributed by atoms with Crippen molar-refractivity contribution in [3.05, 3.63) is 71.8 Å². The van der Waals surface area contributed by atoms with Gasteiger partial charge in [-0.3, -0.25) is 19.9 Å². The molecule has 5 unspecified atom stereocenters. The van der Waals surface area contributed by atoms with Gasteiger partial charge in [-0.15, -0.1) is 0 Å². The van der Waals surface area contributed by atoms with Crippen molar-refractivity contribution in [2.45, 2.75) is 91.0 Å². The molecular weight excluding hydrogens is 592 g/mol. The predicted octanol–water partition coefficient (Wildman–Crippen LogP) is 5.67. The molecule has 0 bridgehead atoms. The zero-order valence-corrected chi connectivity index (χ0v) is 28.4. The number of carbonyl (C=O) groups is 3. The third-order valence-electron chi connectivity index (χ3n) is 10.5. The zero-order valence-electron chi connectivity index (χ0n) is 28.4. The standard InChI is InChI=1S/C38H52N4O5/c1-25(2)23-47-37(45)42-35(30-14-9-6-10-15-30)40-31(20-29-18-26(3)38(16-11-17-38)27(4)19-29)36(44)41-32-24-46-33(34(32)43)22-39-21-28-12-7-5-8-13-28/h5-10,12-15,25-27,29,31-33,39H,11,16-24H2,1-4H3,(H,41,44)(H,40,42,45). The van der Waals surface area contributed by atoms with Gasteiger partial charge in [-0.05, 0) is 66.8 Å². The summed E-state index contributed by atoms with van der Waals surface area (Å²) in [6.07, 6.45) is 5.22. The lowest BCUT2D eigenvalue weighted by molar-refractivity contribution is -0.128. The first-order chi connectivity index (χ1) is 22.6. The second kappa shape index (κ2) is 16.0. The predicted molar refractivity (Wildman–Crippen MR) is 183 cm³/mol. The normalized spacial score (nSPS) is 26.1. The van der Waals surface area contributed by atoms with E-state index in [4.69, 9.17) is 14.5 Å². The Balaban J connectivity index is 1.31. The van der Waals surface area contributed by atoms with Gasteiger partial charge in [0.1, 0.15) is 24.0 Å². The highest BCUT2D eigenvalue weighted by Gasteiger charge is 2.50. The summed E-state index contributed by atoms with van der Waals surface area (Å²) in [5.74, 6) is 1.42. The van der Waals surface area contributed by atoms with Crippen molar-refractivity contribution in [2.24, 2.45) is 34.1 Å². The molecule has 5 atom stereocenters. The molecule has 2 aromatic rings. The van der Waals surface area contributed by atoms with Crippen molar-refractivity contribution in [3.8, 4) is 0 Å². The summed E-state index contributed by atoms with van der Waals surface area (Å²) in [5, 5.41) is 9.09. The van der Waals surface area contributed by atoms with Crippen LogP contribution >= 0.6 is 0 Å². The summed E-state index contributed by atoms with van der Waals surface area (Å²) in [5.41, 5.74) is 2.22. The van der Waals surface area contributed by atoms with Gasteiger partial charge in [-0.25, -0.2) is 4.79 Å². The first-order valence-corrected chi connectivity index (χ1v) is 17.4. The maximum absolute atomic E-state index is 14.1. The number of ketones is 1. The molecule has 3 fully saturated rings. The molecule has 47 heavy (non-hydrogen) atoms. The van der Waals surface area contributed by atoms with Crippen LogP contribution in [0.3, 0.4) is 0 Å². The van der Waals surface area contributed by atoms with Crippen LogP contribution < -0.4 is 16.0 Å². The number of amides is 2. The maximum atomic E-state index is 14.1. The smallest absolute Gasteiger partial charge is 0.412 e. The average molecular weight is 645 g/mol. The SMILES string of the molecule is CC(C)COC(=O)NC(=NC(CC1CC(C)C2(CCC2)C(C)C1)C(=O)NC1COC(CNCc2ccccc2)C1=O)c1ccccc1. The number of ether oxygens (including phenoxy) is 2. The highest BCUT2D eigenvalue weighted by Crippen LogP contribution is 2.59. The van der Waals surface area contributed by atoms with Gasteiger partial charge < -0.3 is 20.1 Å². The van der Waals surface area contributed by atoms with Crippen LogP contribution in [0, 0.1) is 29.1 Å². The topological polar surface area (TPSA) is 118 Å². The Morgan fingerprint density at radius 3 is 2.28 bits per heavy atom. The van der Waals surface area contributed by atoms with Crippen molar-refractivity contribution >= 4 is 23.6 Å². The molecule has 2 aromatic carbocycles. The minimum absolute atomic E-state index is 0.115. The van der Waals surface area contributed by atoms with Crippen LogP contribution in [0.15, 0.2) is 65.7 Å². The number of benzene rings is 2. The molecule has 5 rings (SSSR count). The molecule has 1 heterocycles. The molecule has 1 aliphatic heterocycles. The number of nitrogens with one attached hydrogen (secondary N) is 3. The van der Waals surface area contributed by atoms with Gasteiger partial charge in [-0.1, -0.05) is 94.8 Å². The van der Waals surface area contributed by atoms with E-state index < -0.39 is 24.3 Å². The molecular formula is C38H52N4O5. The van der Waals surface area contributed by atoms with Crippen molar-refractivity contribution in [1.29, 1.82) is 0 Å². The van der Waals surface area contributed by atoms with Gasteiger partial charge in [-0.2, -0.15) is 0 Å². The quantitative estimate of drug-likeness (QED) is 0.203. The van der Waals surface area contributed by atoms with E-state index in [1.54, 1.807) is 0 Å². The zero-order chi connectivity index (χ0) is 33.4. The molecule has 3 aliphatic rings. The van der Waals surface area contributed by atoms with E-state index in [2.05, 4.69) is 29.8 Å². The minimum atomic E-state index is -0.807. The first kappa shape index (κ1) is 34.8. The lowest BCUT2D eigenvalue weighted by atomic mass is 9.49. The van der Waals surface area contributed by atoms with Crippen LogP contribution in [0.4, 0.5) is 4.79 Å². The number of hydrogen-bond donors (Lipinski definition) is 3. The van der Waals surface area contributed by atoms with Crippen molar-refractivity contribution in [1.82, 2.24) is 16.0 Å². The number of carbonyl (C=O) groups excluding carboxylic acids is 3. The third kappa shape index (κ3) is 8.87. The van der Waals surface area contributed by atoms with Crippen LogP contribution in [-0.4, -0.2) is 61.6 Å². The van der Waals surface area contributed by atoms with E-state index in [1.165, 1.54) is 19.3 Å². The summed E-state index contributed by atoms with van der Waals surface area (Å²) >= 11 is 0. The lowest BCUT2D eigenvalue weighted by Gasteiger charge is -2.56. The van der Waals surface area contributed by atoms with Gasteiger partial charge in [0.05, 0.1) is 13.2 Å².